The molecule has 0 heterocycles. The van der Waals surface area contributed by atoms with Crippen LogP contribution >= 0.6 is 0 Å². The van der Waals surface area contributed by atoms with E-state index in [-0.39, 0.29) is 22.8 Å². The van der Waals surface area contributed by atoms with Crippen molar-refractivity contribution in [2.24, 2.45) is 0 Å². The average Bonchev–Trinajstić information content (AvgIpc) is 2.86. The third kappa shape index (κ3) is 6.26. The zero-order valence-electron chi connectivity index (χ0n) is 22.8. The maximum absolute atomic E-state index is 9.96. The van der Waals surface area contributed by atoms with Crippen molar-refractivity contribution in [2.75, 3.05) is 0 Å². The third-order valence-electron chi connectivity index (χ3n) is 7.21. The number of rotatable bonds is 4. The Morgan fingerprint density at radius 1 is 0.514 bits per heavy atom. The van der Waals surface area contributed by atoms with Crippen LogP contribution in [0.15, 0.2) is 72.8 Å². The van der Waals surface area contributed by atoms with Crippen LogP contribution < -0.4 is 0 Å². The van der Waals surface area contributed by atoms with E-state index in [2.05, 4.69) is 20.8 Å². The second-order valence-electron chi connectivity index (χ2n) is 10.4. The number of hydrogen-bond acceptors (Lipinski definition) is 4. The van der Waals surface area contributed by atoms with Crippen molar-refractivity contribution < 1.29 is 20.4 Å². The van der Waals surface area contributed by atoms with E-state index in [9.17, 15) is 20.4 Å². The highest BCUT2D eigenvalue weighted by atomic mass is 16.3. The Morgan fingerprint density at radius 3 is 1.05 bits per heavy atom. The molecule has 4 aromatic carbocycles. The highest BCUT2D eigenvalue weighted by Gasteiger charge is 2.25. The zero-order valence-corrected chi connectivity index (χ0v) is 22.8. The minimum atomic E-state index is -0.188. The Kier molecular flexibility index (Phi) is 8.22. The molecule has 0 atom stereocenters. The highest BCUT2D eigenvalue weighted by molar-refractivity contribution is 5.51. The number of aromatic hydroxyl groups is 4. The Hall–Kier alpha value is -3.92. The van der Waals surface area contributed by atoms with Crippen molar-refractivity contribution in [1.29, 1.82) is 0 Å². The largest absolute Gasteiger partial charge is 0.508 e. The van der Waals surface area contributed by atoms with Crippen molar-refractivity contribution in [2.45, 2.75) is 59.8 Å². The number of hydrogen-bond donors (Lipinski definition) is 4. The molecule has 0 aliphatic rings. The van der Waals surface area contributed by atoms with Crippen molar-refractivity contribution in [3.05, 3.63) is 117 Å². The van der Waals surface area contributed by atoms with Crippen molar-refractivity contribution in [3.8, 4) is 23.0 Å². The first-order chi connectivity index (χ1) is 17.3. The van der Waals surface area contributed by atoms with Gasteiger partial charge in [0.05, 0.1) is 0 Å². The van der Waals surface area contributed by atoms with Crippen LogP contribution in [0, 0.1) is 27.7 Å². The van der Waals surface area contributed by atoms with Gasteiger partial charge in [0.25, 0.3) is 0 Å². The molecule has 0 aliphatic carbocycles. The van der Waals surface area contributed by atoms with Crippen molar-refractivity contribution in [1.82, 2.24) is 0 Å². The molecule has 0 saturated carbocycles. The fourth-order valence-electron chi connectivity index (χ4n) is 4.52. The van der Waals surface area contributed by atoms with E-state index in [0.29, 0.717) is 11.5 Å². The van der Waals surface area contributed by atoms with Crippen LogP contribution in [0.4, 0.5) is 0 Å². The molecule has 0 unspecified atom stereocenters. The van der Waals surface area contributed by atoms with Gasteiger partial charge in [-0.3, -0.25) is 0 Å². The van der Waals surface area contributed by atoms with Gasteiger partial charge in [-0.05, 0) is 96.5 Å². The molecule has 0 aromatic heterocycles. The maximum Gasteiger partial charge on any atom is 0.121 e. The van der Waals surface area contributed by atoms with E-state index >= 15 is 0 Å². The van der Waals surface area contributed by atoms with E-state index < -0.39 is 0 Å². The first-order valence-electron chi connectivity index (χ1n) is 12.5. The zero-order chi connectivity index (χ0) is 27.5. The van der Waals surface area contributed by atoms with Crippen LogP contribution in [-0.2, 0) is 5.41 Å². The van der Waals surface area contributed by atoms with E-state index in [0.717, 1.165) is 33.4 Å². The summed E-state index contributed by atoms with van der Waals surface area (Å²) in [5.41, 5.74) is 8.00. The summed E-state index contributed by atoms with van der Waals surface area (Å²) in [5.74, 6) is 1.55. The van der Waals surface area contributed by atoms with Gasteiger partial charge in [0.1, 0.15) is 23.0 Å². The predicted molar refractivity (Wildman–Crippen MR) is 151 cm³/mol. The highest BCUT2D eigenvalue weighted by Crippen LogP contribution is 2.38. The SMILES string of the molecule is CC(c1ccc(O)cc1)c1ccc(O)cc1.Cc1cc(C(C)(C)c2cc(C)c(O)c(C)c2)cc(C)c1O. The Bertz CT molecular complexity index is 1220. The lowest BCUT2D eigenvalue weighted by Gasteiger charge is -2.28. The molecule has 0 amide bonds. The number of aryl methyl sites for hydroxylation is 4. The van der Waals surface area contributed by atoms with Crippen LogP contribution in [0.25, 0.3) is 0 Å². The molecule has 4 heteroatoms. The summed E-state index contributed by atoms with van der Waals surface area (Å²) >= 11 is 0. The van der Waals surface area contributed by atoms with E-state index in [1.54, 1.807) is 24.3 Å². The summed E-state index contributed by atoms with van der Waals surface area (Å²) < 4.78 is 0. The minimum absolute atomic E-state index is 0.188. The quantitative estimate of drug-likeness (QED) is 0.230. The van der Waals surface area contributed by atoms with Crippen LogP contribution in [0.1, 0.15) is 71.2 Å². The molecule has 0 spiro atoms. The van der Waals surface area contributed by atoms with Crippen LogP contribution in [-0.4, -0.2) is 20.4 Å². The summed E-state index contributed by atoms with van der Waals surface area (Å²) in [6.45, 7) is 14.1. The number of phenolic OH excluding ortho intramolecular Hbond substituents is 4. The molecule has 194 valence electrons. The van der Waals surface area contributed by atoms with Gasteiger partial charge in [0.2, 0.25) is 0 Å². The second kappa shape index (κ2) is 11.0. The molecule has 0 fully saturated rings. The second-order valence-corrected chi connectivity index (χ2v) is 10.4. The molecule has 37 heavy (non-hydrogen) atoms. The summed E-state index contributed by atoms with van der Waals surface area (Å²) in [4.78, 5) is 0. The lowest BCUT2D eigenvalue weighted by atomic mass is 9.76. The first-order valence-corrected chi connectivity index (χ1v) is 12.5. The van der Waals surface area contributed by atoms with Gasteiger partial charge in [0.15, 0.2) is 0 Å². The molecule has 0 aliphatic heterocycles. The molecule has 4 rings (SSSR count). The van der Waals surface area contributed by atoms with Crippen LogP contribution in [0.2, 0.25) is 0 Å². The van der Waals surface area contributed by atoms with Crippen LogP contribution in [0.5, 0.6) is 23.0 Å². The Labute approximate surface area is 220 Å². The van der Waals surface area contributed by atoms with Gasteiger partial charge in [-0.25, -0.2) is 0 Å². The van der Waals surface area contributed by atoms with Crippen molar-refractivity contribution >= 4 is 0 Å². The average molecular weight is 499 g/mol. The summed E-state index contributed by atoms with van der Waals surface area (Å²) in [6, 6.07) is 22.6. The van der Waals surface area contributed by atoms with Gasteiger partial charge in [-0.2, -0.15) is 0 Å². The Morgan fingerprint density at radius 2 is 0.784 bits per heavy atom. The molecule has 4 aromatic rings. The molecule has 0 saturated heterocycles. The molecular weight excluding hydrogens is 460 g/mol. The van der Waals surface area contributed by atoms with E-state index in [4.69, 9.17) is 0 Å². The smallest absolute Gasteiger partial charge is 0.121 e. The fourth-order valence-corrected chi connectivity index (χ4v) is 4.52. The first kappa shape index (κ1) is 27.7. The molecule has 0 bridgehead atoms. The summed E-state index contributed by atoms with van der Waals surface area (Å²) in [6.07, 6.45) is 0. The lowest BCUT2D eigenvalue weighted by Crippen LogP contribution is -2.19. The lowest BCUT2D eigenvalue weighted by molar-refractivity contribution is 0.465. The number of benzene rings is 4. The third-order valence-corrected chi connectivity index (χ3v) is 7.21. The molecule has 0 radical (unpaired) electrons. The molecule has 4 nitrogen and oxygen atoms in total. The van der Waals surface area contributed by atoms with Gasteiger partial charge < -0.3 is 20.4 Å². The topological polar surface area (TPSA) is 80.9 Å². The van der Waals surface area contributed by atoms with Gasteiger partial charge in [-0.15, -0.1) is 0 Å². The van der Waals surface area contributed by atoms with E-state index in [1.807, 2.05) is 76.2 Å². The predicted octanol–water partition coefficient (Wildman–Crippen LogP) is 7.91. The summed E-state index contributed by atoms with van der Waals surface area (Å²) in [7, 11) is 0. The minimum Gasteiger partial charge on any atom is -0.508 e. The fraction of sp³-hybridized carbons (Fsp3) is 0.273. The van der Waals surface area contributed by atoms with Crippen molar-refractivity contribution in [3.63, 3.8) is 0 Å². The standard InChI is InChI=1S/C19H24O2.C14H14O2/c1-11-7-15(8-12(2)17(11)20)19(5,6)16-9-13(3)18(21)14(4)10-16;1-10(11-2-6-13(15)7-3-11)12-4-8-14(16)9-5-12/h7-10,20-21H,1-6H3;2-10,15-16H,1H3. The monoisotopic (exact) mass is 498 g/mol. The normalized spacial score (nSPS) is 11.2. The number of phenols is 4. The molecular formula is C33H38O4. The van der Waals surface area contributed by atoms with E-state index in [1.165, 1.54) is 11.1 Å². The molecule has 4 N–H and O–H groups in total. The maximum atomic E-state index is 9.96. The van der Waals surface area contributed by atoms with Gasteiger partial charge in [0, 0.05) is 11.3 Å². The van der Waals surface area contributed by atoms with Crippen LogP contribution in [0.3, 0.4) is 0 Å². The Balaban J connectivity index is 0.000000213. The summed E-state index contributed by atoms with van der Waals surface area (Å²) in [5, 5.41) is 38.3. The van der Waals surface area contributed by atoms with Gasteiger partial charge >= 0.3 is 0 Å². The van der Waals surface area contributed by atoms with Gasteiger partial charge in [-0.1, -0.05) is 69.3 Å².